The maximum absolute atomic E-state index is 10.9. The molecule has 0 aliphatic heterocycles. The normalized spacial score (nSPS) is 10.9. The molecule has 0 bridgehead atoms. The van der Waals surface area contributed by atoms with Gasteiger partial charge in [0.1, 0.15) is 5.75 Å². The third-order valence-electron chi connectivity index (χ3n) is 2.03. The molecule has 0 saturated heterocycles. The first-order chi connectivity index (χ1) is 8.54. The molecule has 0 heterocycles. The zero-order valence-corrected chi connectivity index (χ0v) is 10.1. The van der Waals surface area contributed by atoms with E-state index in [2.05, 4.69) is 4.18 Å². The fraction of sp³-hybridized carbons (Fsp3) is 0. The maximum Gasteiger partial charge on any atom is 0.380 e. The molecule has 0 aromatic heterocycles. The van der Waals surface area contributed by atoms with Crippen LogP contribution in [0.25, 0.3) is 0 Å². The van der Waals surface area contributed by atoms with Crippen molar-refractivity contribution in [3.05, 3.63) is 54.6 Å². The summed E-state index contributed by atoms with van der Waals surface area (Å²) in [5.41, 5.74) is 0. The lowest BCUT2D eigenvalue weighted by atomic mass is 10.3. The summed E-state index contributed by atoms with van der Waals surface area (Å²) in [4.78, 5) is 0. The Balaban J connectivity index is 2.28. The lowest BCUT2D eigenvalue weighted by molar-refractivity contribution is 0.436. The van der Waals surface area contributed by atoms with Crippen molar-refractivity contribution in [1.82, 2.24) is 0 Å². The van der Waals surface area contributed by atoms with E-state index >= 15 is 0 Å². The summed E-state index contributed by atoms with van der Waals surface area (Å²) in [6.07, 6.45) is 0. The summed E-state index contributed by atoms with van der Waals surface area (Å²) in [5, 5.41) is 4.82. The van der Waals surface area contributed by atoms with Gasteiger partial charge in [-0.3, -0.25) is 0 Å². The van der Waals surface area contributed by atoms with Gasteiger partial charge in [0.25, 0.3) is 0 Å². The van der Waals surface area contributed by atoms with Gasteiger partial charge in [-0.15, -0.1) is 0 Å². The van der Waals surface area contributed by atoms with Crippen LogP contribution in [0.4, 0.5) is 0 Å². The summed E-state index contributed by atoms with van der Waals surface area (Å²) in [6, 6.07) is 15.3. The number of benzene rings is 2. The van der Waals surface area contributed by atoms with E-state index in [1.165, 1.54) is 6.07 Å². The highest BCUT2D eigenvalue weighted by atomic mass is 32.2. The summed E-state index contributed by atoms with van der Waals surface area (Å²) in [5.74, 6) is 0.893. The molecule has 2 aromatic rings. The van der Waals surface area contributed by atoms with E-state index in [0.717, 1.165) is 0 Å². The first-order valence-electron chi connectivity index (χ1n) is 5.09. The highest BCUT2D eigenvalue weighted by molar-refractivity contribution is 7.84. The van der Waals surface area contributed by atoms with Crippen molar-refractivity contribution < 1.29 is 17.3 Å². The van der Waals surface area contributed by atoms with Crippen LogP contribution in [0.5, 0.6) is 17.2 Å². The molecular formula is C12H11NO4S. The van der Waals surface area contributed by atoms with Gasteiger partial charge in [-0.25, -0.2) is 0 Å². The smallest absolute Gasteiger partial charge is 0.380 e. The van der Waals surface area contributed by atoms with E-state index in [9.17, 15) is 8.42 Å². The Kier molecular flexibility index (Phi) is 3.50. The van der Waals surface area contributed by atoms with Gasteiger partial charge < -0.3 is 8.92 Å². The van der Waals surface area contributed by atoms with Gasteiger partial charge >= 0.3 is 10.3 Å². The van der Waals surface area contributed by atoms with Gasteiger partial charge in [0.2, 0.25) is 0 Å². The molecule has 0 aliphatic rings. The number of ether oxygens (including phenoxy) is 1. The van der Waals surface area contributed by atoms with Crippen LogP contribution in [0, 0.1) is 0 Å². The molecule has 0 radical (unpaired) electrons. The average molecular weight is 265 g/mol. The second-order valence-corrected chi connectivity index (χ2v) is 4.59. The van der Waals surface area contributed by atoms with Crippen LogP contribution in [0.2, 0.25) is 0 Å². The van der Waals surface area contributed by atoms with E-state index in [1.54, 1.807) is 42.5 Å². The standard InChI is InChI=1S/C12H11NO4S/c13-18(14,15)17-12-9-5-4-8-11(12)16-10-6-2-1-3-7-10/h1-9H,(H2,13,14,15). The Labute approximate surface area is 105 Å². The molecule has 6 heteroatoms. The van der Waals surface area contributed by atoms with Crippen molar-refractivity contribution in [2.45, 2.75) is 0 Å². The molecule has 0 saturated carbocycles. The molecule has 0 spiro atoms. The molecule has 0 aliphatic carbocycles. The lowest BCUT2D eigenvalue weighted by Gasteiger charge is -2.10. The predicted octanol–water partition coefficient (Wildman–Crippen LogP) is 2.06. The van der Waals surface area contributed by atoms with E-state index in [4.69, 9.17) is 9.88 Å². The van der Waals surface area contributed by atoms with Crippen molar-refractivity contribution in [3.63, 3.8) is 0 Å². The number of hydrogen-bond donors (Lipinski definition) is 1. The minimum absolute atomic E-state index is 0.0452. The minimum atomic E-state index is -4.07. The van der Waals surface area contributed by atoms with Gasteiger partial charge in [-0.1, -0.05) is 30.3 Å². The van der Waals surface area contributed by atoms with Gasteiger partial charge in [0, 0.05) is 0 Å². The number of rotatable bonds is 4. The number of para-hydroxylation sites is 3. The van der Waals surface area contributed by atoms with Gasteiger partial charge in [-0.2, -0.15) is 13.6 Å². The van der Waals surface area contributed by atoms with Crippen LogP contribution in [-0.4, -0.2) is 8.42 Å². The van der Waals surface area contributed by atoms with Crippen LogP contribution in [0.15, 0.2) is 54.6 Å². The van der Waals surface area contributed by atoms with Crippen molar-refractivity contribution in [3.8, 4) is 17.2 Å². The monoisotopic (exact) mass is 265 g/mol. The first-order valence-corrected chi connectivity index (χ1v) is 6.56. The van der Waals surface area contributed by atoms with Gasteiger partial charge in [0.15, 0.2) is 11.5 Å². The SMILES string of the molecule is NS(=O)(=O)Oc1ccccc1Oc1ccccc1. The first kappa shape index (κ1) is 12.4. The molecule has 5 nitrogen and oxygen atoms in total. The average Bonchev–Trinajstić information content (AvgIpc) is 2.31. The molecule has 2 rings (SSSR count). The minimum Gasteiger partial charge on any atom is -0.453 e. The molecular weight excluding hydrogens is 254 g/mol. The molecule has 2 N–H and O–H groups in total. The molecule has 94 valence electrons. The predicted molar refractivity (Wildman–Crippen MR) is 66.7 cm³/mol. The van der Waals surface area contributed by atoms with E-state index in [-0.39, 0.29) is 11.5 Å². The highest BCUT2D eigenvalue weighted by Crippen LogP contribution is 2.31. The summed E-state index contributed by atoms with van der Waals surface area (Å²) < 4.78 is 32.0. The quantitative estimate of drug-likeness (QED) is 0.917. The fourth-order valence-electron chi connectivity index (χ4n) is 1.34. The van der Waals surface area contributed by atoms with E-state index in [1.807, 2.05) is 6.07 Å². The Morgan fingerprint density at radius 2 is 1.39 bits per heavy atom. The lowest BCUT2D eigenvalue weighted by Crippen LogP contribution is -2.19. The Hall–Kier alpha value is -2.05. The number of nitrogens with two attached hydrogens (primary N) is 1. The Morgan fingerprint density at radius 3 is 2.00 bits per heavy atom. The summed E-state index contributed by atoms with van der Waals surface area (Å²) >= 11 is 0. The summed E-state index contributed by atoms with van der Waals surface area (Å²) in [6.45, 7) is 0. The Morgan fingerprint density at radius 1 is 0.833 bits per heavy atom. The van der Waals surface area contributed by atoms with E-state index < -0.39 is 10.3 Å². The van der Waals surface area contributed by atoms with Gasteiger partial charge in [0.05, 0.1) is 0 Å². The zero-order valence-electron chi connectivity index (χ0n) is 9.31. The largest absolute Gasteiger partial charge is 0.453 e. The van der Waals surface area contributed by atoms with Crippen molar-refractivity contribution >= 4 is 10.3 Å². The molecule has 2 aromatic carbocycles. The third kappa shape index (κ3) is 3.47. The zero-order chi connectivity index (χ0) is 13.0. The van der Waals surface area contributed by atoms with Crippen molar-refractivity contribution in [2.24, 2.45) is 5.14 Å². The maximum atomic E-state index is 10.9. The topological polar surface area (TPSA) is 78.6 Å². The molecule has 0 amide bonds. The van der Waals surface area contributed by atoms with Gasteiger partial charge in [-0.05, 0) is 24.3 Å². The molecule has 18 heavy (non-hydrogen) atoms. The Bertz CT molecular complexity index is 626. The third-order valence-corrected chi connectivity index (χ3v) is 2.44. The van der Waals surface area contributed by atoms with Crippen LogP contribution in [0.1, 0.15) is 0 Å². The highest BCUT2D eigenvalue weighted by Gasteiger charge is 2.11. The molecule has 0 unspecified atom stereocenters. The van der Waals surface area contributed by atoms with Crippen LogP contribution >= 0.6 is 0 Å². The van der Waals surface area contributed by atoms with E-state index in [0.29, 0.717) is 5.75 Å². The second-order valence-electron chi connectivity index (χ2n) is 3.44. The number of hydrogen-bond acceptors (Lipinski definition) is 4. The van der Waals surface area contributed by atoms with Crippen molar-refractivity contribution in [1.29, 1.82) is 0 Å². The molecule has 0 atom stereocenters. The van der Waals surface area contributed by atoms with Crippen molar-refractivity contribution in [2.75, 3.05) is 0 Å². The second kappa shape index (κ2) is 5.07. The van der Waals surface area contributed by atoms with Crippen LogP contribution < -0.4 is 14.1 Å². The fourth-order valence-corrected chi connectivity index (χ4v) is 1.73. The summed E-state index contributed by atoms with van der Waals surface area (Å²) in [7, 11) is -4.07. The molecule has 0 fully saturated rings. The van der Waals surface area contributed by atoms with Crippen LogP contribution in [0.3, 0.4) is 0 Å². The van der Waals surface area contributed by atoms with Crippen LogP contribution in [-0.2, 0) is 10.3 Å².